The van der Waals surface area contributed by atoms with Crippen molar-refractivity contribution in [2.24, 2.45) is 5.41 Å². The zero-order valence-electron chi connectivity index (χ0n) is 47.8. The SMILES string of the molecule is CN[C@H](C)C(=O)N[C@@H](C(=O)N1Cc2cc(OCCCCCCCCC(=O)CCCn3nc4c(c3C#N)-c3cnc(C)c(c3)O[C@H](C)c3cc(F)ccc3C(=O)N(C)C4)ccc2C[C@@H]1C(=O)N[C@H]1CCCc2ccccc21)C(C)(C)C. The summed E-state index contributed by atoms with van der Waals surface area (Å²) in [4.78, 5) is 77.0. The van der Waals surface area contributed by atoms with Crippen LogP contribution >= 0.6 is 0 Å². The molecule has 2 aliphatic heterocycles. The van der Waals surface area contributed by atoms with Crippen molar-refractivity contribution in [2.45, 2.75) is 175 Å². The van der Waals surface area contributed by atoms with Gasteiger partial charge in [-0.05, 0) is 130 Å². The van der Waals surface area contributed by atoms with E-state index in [2.05, 4.69) is 39.1 Å². The highest BCUT2D eigenvalue weighted by Gasteiger charge is 2.43. The van der Waals surface area contributed by atoms with Crippen molar-refractivity contribution < 1.29 is 37.8 Å². The molecule has 16 nitrogen and oxygen atoms in total. The van der Waals surface area contributed by atoms with Gasteiger partial charge < -0.3 is 35.2 Å². The number of fused-ring (bicyclic) bond motifs is 7. The number of aromatic nitrogens is 3. The quantitative estimate of drug-likeness (QED) is 0.0627. The highest BCUT2D eigenvalue weighted by atomic mass is 19.1. The normalized spacial score (nSPS) is 17.6. The van der Waals surface area contributed by atoms with E-state index in [9.17, 15) is 33.6 Å². The predicted octanol–water partition coefficient (Wildman–Crippen LogP) is 9.73. The van der Waals surface area contributed by atoms with E-state index in [1.807, 2.05) is 51.1 Å². The lowest BCUT2D eigenvalue weighted by atomic mass is 9.83. The number of likely N-dealkylation sites (N-methyl/N-ethyl adjacent to an activating group) is 1. The van der Waals surface area contributed by atoms with E-state index in [1.165, 1.54) is 28.7 Å². The highest BCUT2D eigenvalue weighted by Crippen LogP contribution is 2.37. The minimum atomic E-state index is -0.877. The molecule has 5 aromatic rings. The first kappa shape index (κ1) is 58.7. The lowest BCUT2D eigenvalue weighted by Gasteiger charge is -2.41. The van der Waals surface area contributed by atoms with Gasteiger partial charge in [0.1, 0.15) is 53.1 Å². The van der Waals surface area contributed by atoms with Crippen LogP contribution in [0.3, 0.4) is 0 Å². The summed E-state index contributed by atoms with van der Waals surface area (Å²) in [6.07, 6.45) is 10.9. The lowest BCUT2D eigenvalue weighted by molar-refractivity contribution is -0.147. The number of aryl methyl sites for hydroxylation is 3. The summed E-state index contributed by atoms with van der Waals surface area (Å²) in [7, 11) is 3.34. The summed E-state index contributed by atoms with van der Waals surface area (Å²) in [6, 6.07) is 20.0. The average molecular weight is 1090 g/mol. The number of carbonyl (C=O) groups excluding carboxylic acids is 5. The molecule has 17 heteroatoms. The summed E-state index contributed by atoms with van der Waals surface area (Å²) in [5.74, 6) is -0.331. The largest absolute Gasteiger partial charge is 0.494 e. The van der Waals surface area contributed by atoms with E-state index in [1.54, 1.807) is 56.7 Å². The number of hydrogen-bond acceptors (Lipinski definition) is 11. The summed E-state index contributed by atoms with van der Waals surface area (Å²) < 4.78 is 28.6. The minimum Gasteiger partial charge on any atom is -0.494 e. The van der Waals surface area contributed by atoms with Crippen LogP contribution in [0.4, 0.5) is 4.39 Å². The first-order valence-corrected chi connectivity index (χ1v) is 28.5. The predicted molar refractivity (Wildman–Crippen MR) is 303 cm³/mol. The molecular weight excluding hydrogens is 1010 g/mol. The Bertz CT molecular complexity index is 3120. The van der Waals surface area contributed by atoms with Gasteiger partial charge in [-0.1, -0.05) is 76.8 Å². The van der Waals surface area contributed by atoms with Crippen LogP contribution in [-0.2, 0) is 51.7 Å². The molecule has 5 atom stereocenters. The number of benzene rings is 3. The second kappa shape index (κ2) is 26.2. The Morgan fingerprint density at radius 3 is 2.44 bits per heavy atom. The summed E-state index contributed by atoms with van der Waals surface area (Å²) in [5.41, 5.74) is 6.85. The first-order valence-electron chi connectivity index (χ1n) is 28.5. The van der Waals surface area contributed by atoms with Gasteiger partial charge in [-0.2, -0.15) is 10.4 Å². The molecule has 424 valence electrons. The molecule has 3 N–H and O–H groups in total. The molecule has 0 spiro atoms. The van der Waals surface area contributed by atoms with Crippen molar-refractivity contribution in [1.82, 2.24) is 40.5 Å². The van der Waals surface area contributed by atoms with Crippen LogP contribution in [0.5, 0.6) is 11.5 Å². The molecule has 80 heavy (non-hydrogen) atoms. The number of nitrogens with one attached hydrogen (secondary N) is 3. The van der Waals surface area contributed by atoms with Crippen molar-refractivity contribution >= 4 is 29.4 Å². The Morgan fingerprint density at radius 2 is 1.68 bits per heavy atom. The fourth-order valence-corrected chi connectivity index (χ4v) is 11.2. The number of pyridine rings is 1. The van der Waals surface area contributed by atoms with Crippen LogP contribution in [0.2, 0.25) is 0 Å². The Hall–Kier alpha value is -7.45. The number of amides is 4. The van der Waals surface area contributed by atoms with Gasteiger partial charge >= 0.3 is 0 Å². The van der Waals surface area contributed by atoms with Crippen LogP contribution in [0.25, 0.3) is 11.1 Å². The number of nitrogens with zero attached hydrogens (tertiary/aromatic N) is 6. The third-order valence-corrected chi connectivity index (χ3v) is 15.9. The fourth-order valence-electron chi connectivity index (χ4n) is 11.2. The molecule has 0 radical (unpaired) electrons. The molecule has 4 amide bonds. The third-order valence-electron chi connectivity index (χ3n) is 15.9. The van der Waals surface area contributed by atoms with Crippen molar-refractivity contribution in [2.75, 3.05) is 20.7 Å². The molecule has 8 rings (SSSR count). The van der Waals surface area contributed by atoms with Gasteiger partial charge in [0, 0.05) is 67.9 Å². The van der Waals surface area contributed by atoms with Crippen LogP contribution in [0, 0.1) is 29.5 Å². The number of ketones is 1. The fraction of sp³-hybridized carbons (Fsp3) is 0.492. The van der Waals surface area contributed by atoms with Crippen LogP contribution in [-0.4, -0.2) is 92.8 Å². The van der Waals surface area contributed by atoms with Gasteiger partial charge in [0.2, 0.25) is 17.7 Å². The number of carbonyl (C=O) groups is 5. The zero-order chi connectivity index (χ0) is 57.3. The Balaban J connectivity index is 0.808. The van der Waals surface area contributed by atoms with Crippen molar-refractivity contribution in [3.05, 3.63) is 129 Å². The standard InChI is InChI=1S/C63H78FN9O7/c1-39-56-33-44(36-67-39)57-53(38-71(8)61(77)50-28-26-46(64)34-51(50)41(3)80-56)70-73(55(57)35-65)29-18-22-47(74)21-13-11-9-10-12-16-30-79-48-27-25-43-32-54(60(76)68-52-24-17-20-42-19-14-15-23-49(42)52)72(37-45(43)31-48)62(78)58(63(4,5)6)69-59(75)40(2)66-7/h14-15,19,23,25-28,31,33-34,36,40-41,52,54,58,66H,9-13,16-18,20-22,24,29-30,32,37-38H2,1-8H3,(H,68,76)(H,69,75)/t40-,41-,52+,54-,58+/m1/s1. The maximum atomic E-state index is 14.8. The first-order chi connectivity index (χ1) is 38.3. The number of halogens is 1. The van der Waals surface area contributed by atoms with Gasteiger partial charge in [-0.3, -0.25) is 33.6 Å². The van der Waals surface area contributed by atoms with Crippen LogP contribution in [0.1, 0.15) is 173 Å². The van der Waals surface area contributed by atoms with Crippen LogP contribution in [0.15, 0.2) is 72.9 Å². The molecule has 4 heterocycles. The van der Waals surface area contributed by atoms with Crippen molar-refractivity contribution in [1.29, 1.82) is 5.26 Å². The molecule has 3 aliphatic rings. The maximum Gasteiger partial charge on any atom is 0.254 e. The van der Waals surface area contributed by atoms with Crippen LogP contribution < -0.4 is 25.4 Å². The summed E-state index contributed by atoms with van der Waals surface area (Å²) in [6.45, 7) is 12.2. The third kappa shape index (κ3) is 13.9. The van der Waals surface area contributed by atoms with E-state index in [4.69, 9.17) is 14.6 Å². The number of unbranched alkanes of at least 4 members (excludes halogenated alkanes) is 5. The second-order valence-corrected chi connectivity index (χ2v) is 22.9. The molecule has 1 aliphatic carbocycles. The highest BCUT2D eigenvalue weighted by molar-refractivity contribution is 5.96. The van der Waals surface area contributed by atoms with Gasteiger partial charge in [0.25, 0.3) is 5.91 Å². The monoisotopic (exact) mass is 1090 g/mol. The van der Waals surface area contributed by atoms with E-state index in [0.717, 1.165) is 74.5 Å². The summed E-state index contributed by atoms with van der Waals surface area (Å²) >= 11 is 0. The zero-order valence-corrected chi connectivity index (χ0v) is 47.8. The molecular formula is C63H78FN9O7. The van der Waals surface area contributed by atoms with E-state index in [-0.39, 0.29) is 48.5 Å². The van der Waals surface area contributed by atoms with E-state index in [0.29, 0.717) is 89.7 Å². The summed E-state index contributed by atoms with van der Waals surface area (Å²) in [5, 5.41) is 24.6. The Morgan fingerprint density at radius 1 is 0.925 bits per heavy atom. The lowest BCUT2D eigenvalue weighted by Crippen LogP contribution is -2.62. The van der Waals surface area contributed by atoms with E-state index >= 15 is 0 Å². The number of ether oxygens (including phenoxy) is 2. The topological polar surface area (TPSA) is 201 Å². The molecule has 2 bridgehead atoms. The van der Waals surface area contributed by atoms with Gasteiger partial charge in [0.05, 0.1) is 36.6 Å². The molecule has 0 fully saturated rings. The van der Waals surface area contributed by atoms with Crippen molar-refractivity contribution in [3.63, 3.8) is 0 Å². The maximum absolute atomic E-state index is 14.8. The molecule has 2 aromatic heterocycles. The second-order valence-electron chi connectivity index (χ2n) is 22.9. The number of nitriles is 1. The Kier molecular flexibility index (Phi) is 19.2. The van der Waals surface area contributed by atoms with Gasteiger partial charge in [-0.15, -0.1) is 0 Å². The van der Waals surface area contributed by atoms with Gasteiger partial charge in [0.15, 0.2) is 0 Å². The van der Waals surface area contributed by atoms with Crippen molar-refractivity contribution in [3.8, 4) is 28.7 Å². The number of Topliss-reactive ketones (excluding diaryl/α,β-unsaturated/α-hetero) is 1. The average Bonchev–Trinajstić information content (AvgIpc) is 3.79. The number of hydrogen-bond donors (Lipinski definition) is 3. The van der Waals surface area contributed by atoms with Gasteiger partial charge in [-0.25, -0.2) is 4.39 Å². The molecule has 0 saturated heterocycles. The molecule has 0 unspecified atom stereocenters. The molecule has 0 saturated carbocycles. The van der Waals surface area contributed by atoms with E-state index < -0.39 is 35.5 Å². The Labute approximate surface area is 470 Å². The minimum absolute atomic E-state index is 0.0797. The smallest absolute Gasteiger partial charge is 0.254 e. The number of rotatable bonds is 20. The molecule has 3 aromatic carbocycles.